The van der Waals surface area contributed by atoms with E-state index in [1.807, 2.05) is 31.2 Å². The van der Waals surface area contributed by atoms with Crippen LogP contribution in [0.3, 0.4) is 0 Å². The number of amides is 1. The van der Waals surface area contributed by atoms with Crippen LogP contribution in [0.1, 0.15) is 5.56 Å². The maximum atomic E-state index is 12.0. The highest BCUT2D eigenvalue weighted by Gasteiger charge is 2.14. The third-order valence-electron chi connectivity index (χ3n) is 3.22. The summed E-state index contributed by atoms with van der Waals surface area (Å²) in [6.45, 7) is 2.01. The Bertz CT molecular complexity index is 897. The molecule has 1 aromatic heterocycles. The van der Waals surface area contributed by atoms with E-state index in [0.29, 0.717) is 15.6 Å². The maximum Gasteiger partial charge on any atom is 0.322 e. The minimum absolute atomic E-state index is 0.0144. The second-order valence-electron chi connectivity index (χ2n) is 5.19. The fourth-order valence-electron chi connectivity index (χ4n) is 1.98. The molecule has 0 saturated carbocycles. The number of rotatable bonds is 5. The number of aryl methyl sites for hydroxylation is 1. The van der Waals surface area contributed by atoms with E-state index in [2.05, 4.69) is 15.5 Å². The Morgan fingerprint density at radius 3 is 2.68 bits per heavy atom. The number of hydrogen-bond donors (Lipinski definition) is 1. The second-order valence-corrected chi connectivity index (χ2v) is 7.08. The van der Waals surface area contributed by atoms with Gasteiger partial charge in [0.25, 0.3) is 5.89 Å². The van der Waals surface area contributed by atoms with Crippen molar-refractivity contribution in [3.63, 3.8) is 0 Å². The molecule has 3 rings (SSSR count). The molecule has 0 spiro atoms. The molecule has 5 nitrogen and oxygen atoms in total. The summed E-state index contributed by atoms with van der Waals surface area (Å²) in [5.41, 5.74) is 1.68. The number of aromatic nitrogens is 2. The quantitative estimate of drug-likeness (QED) is 0.611. The Labute approximate surface area is 158 Å². The molecule has 0 atom stereocenters. The Hall–Kier alpha value is -2.02. The Kier molecular flexibility index (Phi) is 5.63. The van der Waals surface area contributed by atoms with Crippen molar-refractivity contribution in [1.29, 1.82) is 0 Å². The summed E-state index contributed by atoms with van der Waals surface area (Å²) in [5, 5.41) is 11.2. The van der Waals surface area contributed by atoms with Crippen molar-refractivity contribution in [2.24, 2.45) is 0 Å². The molecule has 0 aliphatic heterocycles. The van der Waals surface area contributed by atoms with E-state index in [1.165, 1.54) is 17.3 Å². The van der Waals surface area contributed by atoms with Gasteiger partial charge in [-0.25, -0.2) is 0 Å². The van der Waals surface area contributed by atoms with E-state index in [-0.39, 0.29) is 23.6 Å². The van der Waals surface area contributed by atoms with Crippen molar-refractivity contribution < 1.29 is 9.21 Å². The van der Waals surface area contributed by atoms with Crippen LogP contribution in [-0.2, 0) is 4.79 Å². The SMILES string of the molecule is Cc1ccc(SCC(=O)Nc2nnc(-c3cc(Cl)ccc3Cl)o2)cc1. The predicted octanol–water partition coefficient (Wildman–Crippen LogP) is 5.08. The van der Waals surface area contributed by atoms with Gasteiger partial charge in [-0.05, 0) is 37.3 Å². The minimum atomic E-state index is -0.238. The average molecular weight is 394 g/mol. The summed E-state index contributed by atoms with van der Waals surface area (Å²) in [7, 11) is 0. The lowest BCUT2D eigenvalue weighted by Gasteiger charge is -2.02. The second kappa shape index (κ2) is 7.91. The molecule has 1 N–H and O–H groups in total. The van der Waals surface area contributed by atoms with Gasteiger partial charge in [0.2, 0.25) is 5.91 Å². The van der Waals surface area contributed by atoms with E-state index < -0.39 is 0 Å². The number of benzene rings is 2. The number of carbonyl (C=O) groups excluding carboxylic acids is 1. The number of halogens is 2. The van der Waals surface area contributed by atoms with Gasteiger partial charge in [-0.1, -0.05) is 46.0 Å². The maximum absolute atomic E-state index is 12.0. The van der Waals surface area contributed by atoms with Gasteiger partial charge in [-0.3, -0.25) is 10.1 Å². The number of thioether (sulfide) groups is 1. The monoisotopic (exact) mass is 393 g/mol. The van der Waals surface area contributed by atoms with Crippen molar-refractivity contribution in [3.8, 4) is 11.5 Å². The molecule has 2 aromatic carbocycles. The molecule has 0 aliphatic carbocycles. The fraction of sp³-hybridized carbons (Fsp3) is 0.118. The predicted molar refractivity (Wildman–Crippen MR) is 100 cm³/mol. The zero-order chi connectivity index (χ0) is 17.8. The van der Waals surface area contributed by atoms with Crippen LogP contribution in [0.25, 0.3) is 11.5 Å². The normalized spacial score (nSPS) is 10.7. The Balaban J connectivity index is 1.62. The lowest BCUT2D eigenvalue weighted by atomic mass is 10.2. The summed E-state index contributed by atoms with van der Waals surface area (Å²) in [4.78, 5) is 13.0. The Morgan fingerprint density at radius 2 is 1.92 bits per heavy atom. The van der Waals surface area contributed by atoms with Gasteiger partial charge in [-0.15, -0.1) is 16.9 Å². The molecule has 8 heteroatoms. The van der Waals surface area contributed by atoms with Gasteiger partial charge in [0.15, 0.2) is 0 Å². The number of nitrogens with zero attached hydrogens (tertiary/aromatic N) is 2. The zero-order valence-electron chi connectivity index (χ0n) is 13.1. The molecule has 128 valence electrons. The standard InChI is InChI=1S/C17H13Cl2N3O2S/c1-10-2-5-12(6-3-10)25-9-15(23)20-17-22-21-16(24-17)13-8-11(18)4-7-14(13)19/h2-8H,9H2,1H3,(H,20,22,23). The van der Waals surface area contributed by atoms with Crippen molar-refractivity contribution in [2.75, 3.05) is 11.1 Å². The van der Waals surface area contributed by atoms with Crippen LogP contribution in [0.2, 0.25) is 10.0 Å². The van der Waals surface area contributed by atoms with Gasteiger partial charge in [0, 0.05) is 9.92 Å². The molecule has 0 unspecified atom stereocenters. The molecule has 0 bridgehead atoms. The molecule has 0 saturated heterocycles. The van der Waals surface area contributed by atoms with Gasteiger partial charge >= 0.3 is 6.01 Å². The largest absolute Gasteiger partial charge is 0.403 e. The third kappa shape index (κ3) is 4.75. The lowest BCUT2D eigenvalue weighted by molar-refractivity contribution is -0.113. The third-order valence-corrected chi connectivity index (χ3v) is 4.80. The molecule has 3 aromatic rings. The van der Waals surface area contributed by atoms with Crippen LogP contribution < -0.4 is 5.32 Å². The highest BCUT2D eigenvalue weighted by Crippen LogP contribution is 2.30. The van der Waals surface area contributed by atoms with E-state index in [9.17, 15) is 4.79 Å². The Morgan fingerprint density at radius 1 is 1.16 bits per heavy atom. The molecular weight excluding hydrogens is 381 g/mol. The molecular formula is C17H13Cl2N3O2S. The van der Waals surface area contributed by atoms with Crippen LogP contribution in [0.4, 0.5) is 6.01 Å². The van der Waals surface area contributed by atoms with E-state index in [4.69, 9.17) is 27.6 Å². The molecule has 1 heterocycles. The summed E-state index contributed by atoms with van der Waals surface area (Å²) in [6.07, 6.45) is 0. The van der Waals surface area contributed by atoms with Crippen molar-refractivity contribution in [1.82, 2.24) is 10.2 Å². The number of carbonyl (C=O) groups is 1. The van der Waals surface area contributed by atoms with Crippen LogP contribution in [0, 0.1) is 6.92 Å². The first-order valence-electron chi connectivity index (χ1n) is 7.29. The van der Waals surface area contributed by atoms with Gasteiger partial charge < -0.3 is 4.42 Å². The van der Waals surface area contributed by atoms with E-state index in [1.54, 1.807) is 18.2 Å². The van der Waals surface area contributed by atoms with E-state index in [0.717, 1.165) is 4.90 Å². The number of nitrogens with one attached hydrogen (secondary N) is 1. The highest BCUT2D eigenvalue weighted by atomic mass is 35.5. The van der Waals surface area contributed by atoms with E-state index >= 15 is 0 Å². The topological polar surface area (TPSA) is 68.0 Å². The van der Waals surface area contributed by atoms with Crippen LogP contribution >= 0.6 is 35.0 Å². The van der Waals surface area contributed by atoms with Crippen LogP contribution in [0.15, 0.2) is 51.8 Å². The van der Waals surface area contributed by atoms with Crippen LogP contribution in [-0.4, -0.2) is 21.9 Å². The zero-order valence-corrected chi connectivity index (χ0v) is 15.5. The molecule has 0 radical (unpaired) electrons. The van der Waals surface area contributed by atoms with Crippen molar-refractivity contribution >= 4 is 46.9 Å². The highest BCUT2D eigenvalue weighted by molar-refractivity contribution is 8.00. The van der Waals surface area contributed by atoms with Gasteiger partial charge in [0.1, 0.15) is 0 Å². The van der Waals surface area contributed by atoms with Crippen LogP contribution in [0.5, 0.6) is 0 Å². The van der Waals surface area contributed by atoms with Gasteiger partial charge in [-0.2, -0.15) is 0 Å². The summed E-state index contributed by atoms with van der Waals surface area (Å²) in [5.74, 6) is 0.186. The van der Waals surface area contributed by atoms with Gasteiger partial charge in [0.05, 0.1) is 16.3 Å². The summed E-state index contributed by atoms with van der Waals surface area (Å²) < 4.78 is 5.44. The molecule has 0 fully saturated rings. The summed E-state index contributed by atoms with van der Waals surface area (Å²) in [6, 6.07) is 12.9. The number of hydrogen-bond acceptors (Lipinski definition) is 5. The fourth-order valence-corrected chi connectivity index (χ4v) is 3.05. The first-order valence-corrected chi connectivity index (χ1v) is 9.03. The molecule has 0 aliphatic rings. The number of anilines is 1. The van der Waals surface area contributed by atoms with Crippen molar-refractivity contribution in [2.45, 2.75) is 11.8 Å². The first-order chi connectivity index (χ1) is 12.0. The smallest absolute Gasteiger partial charge is 0.322 e. The minimum Gasteiger partial charge on any atom is -0.403 e. The first kappa shape index (κ1) is 17.8. The molecule has 25 heavy (non-hydrogen) atoms. The average Bonchev–Trinajstić information content (AvgIpc) is 3.05. The van der Waals surface area contributed by atoms with Crippen molar-refractivity contribution in [3.05, 3.63) is 58.1 Å². The summed E-state index contributed by atoms with van der Waals surface area (Å²) >= 11 is 13.5. The lowest BCUT2D eigenvalue weighted by Crippen LogP contribution is -2.14. The molecule has 1 amide bonds.